The van der Waals surface area contributed by atoms with Crippen molar-refractivity contribution < 1.29 is 60.9 Å². The first-order chi connectivity index (χ1) is 18.0. The van der Waals surface area contributed by atoms with Gasteiger partial charge in [-0.3, -0.25) is 23.6 Å². The van der Waals surface area contributed by atoms with Gasteiger partial charge < -0.3 is 18.9 Å². The summed E-state index contributed by atoms with van der Waals surface area (Å²) in [6, 6.07) is 2.59. The summed E-state index contributed by atoms with van der Waals surface area (Å²) < 4.78 is 71.1. The number of hydrogen-bond acceptors (Lipinski definition) is 11. The lowest BCUT2D eigenvalue weighted by Gasteiger charge is -2.27. The zero-order valence-corrected chi connectivity index (χ0v) is 22.5. The molecule has 0 aliphatic heterocycles. The minimum absolute atomic E-state index is 0.0751. The van der Waals surface area contributed by atoms with Gasteiger partial charge in [0, 0.05) is 13.5 Å². The van der Waals surface area contributed by atoms with Gasteiger partial charge in [0.15, 0.2) is 11.6 Å². The number of rotatable bonds is 17. The molecule has 0 aliphatic carbocycles. The van der Waals surface area contributed by atoms with Crippen molar-refractivity contribution in [3.63, 3.8) is 0 Å². The van der Waals surface area contributed by atoms with Gasteiger partial charge in [0.05, 0.1) is 18.9 Å². The highest BCUT2D eigenvalue weighted by molar-refractivity contribution is 7.54. The largest absolute Gasteiger partial charge is 0.510 e. The number of amides is 1. The van der Waals surface area contributed by atoms with E-state index in [1.54, 1.807) is 0 Å². The van der Waals surface area contributed by atoms with Gasteiger partial charge in [0.25, 0.3) is 0 Å². The van der Waals surface area contributed by atoms with Gasteiger partial charge in [-0.15, -0.1) is 0 Å². The number of benzene rings is 1. The molecular weight excluding hydrogens is 535 g/mol. The van der Waals surface area contributed by atoms with Crippen LogP contribution >= 0.6 is 7.60 Å². The molecule has 0 saturated carbocycles. The van der Waals surface area contributed by atoms with E-state index in [-0.39, 0.29) is 25.2 Å². The van der Waals surface area contributed by atoms with E-state index < -0.39 is 63.1 Å². The standard InChI is InChI=1S/C23H34F2NO11P/c1-4-6-12-32-22(28)34-15-36-38(31,37-16-35-23(29)33-13-7-5-2)20(10-11-21(27)26(3)30)17-8-9-18(24)19(25)14-17/h8-9,14,20,30H,4-7,10-13,15-16H2,1-3H3. The molecule has 0 aliphatic rings. The van der Waals surface area contributed by atoms with Crippen molar-refractivity contribution in [1.82, 2.24) is 5.06 Å². The Kier molecular flexibility index (Phi) is 15.4. The fraction of sp³-hybridized carbons (Fsp3) is 0.609. The van der Waals surface area contributed by atoms with E-state index in [2.05, 4.69) is 0 Å². The lowest BCUT2D eigenvalue weighted by atomic mass is 10.1. The van der Waals surface area contributed by atoms with Crippen molar-refractivity contribution >= 4 is 25.8 Å². The minimum atomic E-state index is -4.56. The lowest BCUT2D eigenvalue weighted by Crippen LogP contribution is -2.23. The monoisotopic (exact) mass is 569 g/mol. The fourth-order valence-corrected chi connectivity index (χ4v) is 4.65. The molecule has 38 heavy (non-hydrogen) atoms. The van der Waals surface area contributed by atoms with Crippen LogP contribution in [0.4, 0.5) is 18.4 Å². The van der Waals surface area contributed by atoms with Gasteiger partial charge in [0.1, 0.15) is 0 Å². The van der Waals surface area contributed by atoms with Crippen LogP contribution in [0.5, 0.6) is 0 Å². The Labute approximate surface area is 219 Å². The molecule has 0 bridgehead atoms. The van der Waals surface area contributed by atoms with Gasteiger partial charge in [-0.05, 0) is 37.0 Å². The Hall–Kier alpha value is -2.80. The van der Waals surface area contributed by atoms with Crippen LogP contribution < -0.4 is 0 Å². The molecule has 1 atom stereocenters. The van der Waals surface area contributed by atoms with Crippen molar-refractivity contribution in [1.29, 1.82) is 0 Å². The SMILES string of the molecule is CCCCOC(=O)OCOP(=O)(OCOC(=O)OCCCC)C(CCC(=O)N(C)O)c1ccc(F)c(F)c1. The van der Waals surface area contributed by atoms with Crippen molar-refractivity contribution in [3.05, 3.63) is 35.4 Å². The summed E-state index contributed by atoms with van der Waals surface area (Å²) in [6.45, 7) is 2.02. The van der Waals surface area contributed by atoms with Crippen LogP contribution in [0.15, 0.2) is 18.2 Å². The van der Waals surface area contributed by atoms with E-state index in [1.165, 1.54) is 0 Å². The van der Waals surface area contributed by atoms with Crippen LogP contribution in [-0.2, 0) is 37.4 Å². The fourth-order valence-electron chi connectivity index (χ4n) is 2.85. The first-order valence-corrected chi connectivity index (χ1v) is 13.5. The normalized spacial score (nSPS) is 11.9. The van der Waals surface area contributed by atoms with Crippen LogP contribution in [0.2, 0.25) is 0 Å². The van der Waals surface area contributed by atoms with Crippen LogP contribution in [-0.4, -0.2) is 62.3 Å². The van der Waals surface area contributed by atoms with Gasteiger partial charge in [-0.1, -0.05) is 32.8 Å². The molecule has 1 rings (SSSR count). The van der Waals surface area contributed by atoms with E-state index in [1.807, 2.05) is 13.8 Å². The van der Waals surface area contributed by atoms with Gasteiger partial charge in [-0.2, -0.15) is 0 Å². The smallest absolute Gasteiger partial charge is 0.434 e. The molecule has 0 heterocycles. The maximum atomic E-state index is 14.0. The molecule has 0 radical (unpaired) electrons. The third kappa shape index (κ3) is 12.2. The summed E-state index contributed by atoms with van der Waals surface area (Å²) in [7, 11) is -3.49. The Morgan fingerprint density at radius 2 is 1.45 bits per heavy atom. The number of ether oxygens (including phenoxy) is 4. The number of halogens is 2. The Morgan fingerprint density at radius 1 is 0.921 bits per heavy atom. The molecule has 0 fully saturated rings. The van der Waals surface area contributed by atoms with Crippen LogP contribution in [0, 0.1) is 11.6 Å². The van der Waals surface area contributed by atoms with Crippen LogP contribution in [0.25, 0.3) is 0 Å². The lowest BCUT2D eigenvalue weighted by molar-refractivity contribution is -0.159. The van der Waals surface area contributed by atoms with E-state index in [0.717, 1.165) is 38.1 Å². The van der Waals surface area contributed by atoms with E-state index in [4.69, 9.17) is 28.0 Å². The van der Waals surface area contributed by atoms with Crippen LogP contribution in [0.1, 0.15) is 63.6 Å². The van der Waals surface area contributed by atoms with Crippen molar-refractivity contribution in [2.75, 3.05) is 33.8 Å². The molecule has 1 unspecified atom stereocenters. The van der Waals surface area contributed by atoms with Crippen molar-refractivity contribution in [2.45, 2.75) is 58.0 Å². The molecule has 0 aromatic heterocycles. The first kappa shape index (κ1) is 33.2. The molecule has 216 valence electrons. The first-order valence-electron chi connectivity index (χ1n) is 11.9. The summed E-state index contributed by atoms with van der Waals surface area (Å²) in [5, 5.41) is 9.66. The maximum absolute atomic E-state index is 14.0. The number of carbonyl (C=O) groups excluding carboxylic acids is 3. The summed E-state index contributed by atoms with van der Waals surface area (Å²) in [5.74, 6) is -3.27. The summed E-state index contributed by atoms with van der Waals surface area (Å²) in [4.78, 5) is 35.5. The zero-order valence-electron chi connectivity index (χ0n) is 21.6. The molecule has 15 heteroatoms. The van der Waals surface area contributed by atoms with Crippen LogP contribution in [0.3, 0.4) is 0 Å². The number of carbonyl (C=O) groups is 3. The Morgan fingerprint density at radius 3 is 1.89 bits per heavy atom. The number of nitrogens with zero attached hydrogens (tertiary/aromatic N) is 1. The maximum Gasteiger partial charge on any atom is 0.510 e. The minimum Gasteiger partial charge on any atom is -0.434 e. The predicted molar refractivity (Wildman–Crippen MR) is 127 cm³/mol. The highest BCUT2D eigenvalue weighted by Gasteiger charge is 2.39. The quantitative estimate of drug-likeness (QED) is 0.0617. The van der Waals surface area contributed by atoms with Gasteiger partial charge >= 0.3 is 19.9 Å². The zero-order chi connectivity index (χ0) is 28.6. The molecule has 1 N–H and O–H groups in total. The third-order valence-electron chi connectivity index (χ3n) is 4.96. The average Bonchev–Trinajstić information content (AvgIpc) is 2.86. The second-order valence-corrected chi connectivity index (χ2v) is 10.1. The van der Waals surface area contributed by atoms with E-state index >= 15 is 0 Å². The van der Waals surface area contributed by atoms with Gasteiger partial charge in [-0.25, -0.2) is 23.4 Å². The second kappa shape index (κ2) is 17.7. The second-order valence-electron chi connectivity index (χ2n) is 7.87. The summed E-state index contributed by atoms with van der Waals surface area (Å²) in [6.07, 6.45) is -0.356. The Bertz CT molecular complexity index is 916. The van der Waals surface area contributed by atoms with Crippen molar-refractivity contribution in [3.8, 4) is 0 Å². The summed E-state index contributed by atoms with van der Waals surface area (Å²) in [5.41, 5.74) is -1.54. The average molecular weight is 569 g/mol. The summed E-state index contributed by atoms with van der Waals surface area (Å²) >= 11 is 0. The topological polar surface area (TPSA) is 147 Å². The molecule has 1 aromatic rings. The van der Waals surface area contributed by atoms with E-state index in [0.29, 0.717) is 17.9 Å². The highest BCUT2D eigenvalue weighted by atomic mass is 31.2. The molecule has 12 nitrogen and oxygen atoms in total. The number of hydroxylamine groups is 2. The Balaban J connectivity index is 3.13. The molecule has 0 saturated heterocycles. The number of hydrogen-bond donors (Lipinski definition) is 1. The molecular formula is C23H34F2NO11P. The molecule has 1 aromatic carbocycles. The van der Waals surface area contributed by atoms with Crippen molar-refractivity contribution in [2.24, 2.45) is 0 Å². The molecule has 1 amide bonds. The van der Waals surface area contributed by atoms with Gasteiger partial charge in [0.2, 0.25) is 19.5 Å². The number of unbranched alkanes of at least 4 members (excludes halogenated alkanes) is 2. The predicted octanol–water partition coefficient (Wildman–Crippen LogP) is 5.68. The third-order valence-corrected chi connectivity index (χ3v) is 7.21. The van der Waals surface area contributed by atoms with E-state index in [9.17, 15) is 32.9 Å². The molecule has 0 spiro atoms. The highest BCUT2D eigenvalue weighted by Crippen LogP contribution is 2.63.